The molecule has 230 valence electrons. The first-order chi connectivity index (χ1) is 22.6. The first-order valence-electron chi connectivity index (χ1n) is 16.3. The molecule has 0 amide bonds. The molecule has 2 unspecified atom stereocenters. The number of methoxy groups -OCH3 is 2. The number of hydrazone groups is 1. The van der Waals surface area contributed by atoms with E-state index in [0.29, 0.717) is 0 Å². The molecule has 0 radical (unpaired) electrons. The fraction of sp³-hybridized carbons (Fsp3) is 0.308. The number of likely N-dealkylation sites (tertiary alicyclic amines) is 1. The predicted octanol–water partition coefficient (Wildman–Crippen LogP) is 7.09. The average molecular weight is 608 g/mol. The zero-order valence-corrected chi connectivity index (χ0v) is 26.4. The molecular weight excluding hydrogens is 570 g/mol. The van der Waals surface area contributed by atoms with Gasteiger partial charge in [0.1, 0.15) is 17.0 Å². The minimum atomic E-state index is -0.547. The van der Waals surface area contributed by atoms with Gasteiger partial charge in [-0.3, -0.25) is 4.90 Å². The summed E-state index contributed by atoms with van der Waals surface area (Å²) >= 11 is 0. The van der Waals surface area contributed by atoms with E-state index in [0.717, 1.165) is 59.7 Å². The van der Waals surface area contributed by atoms with Crippen LogP contribution in [-0.2, 0) is 5.54 Å². The lowest BCUT2D eigenvalue weighted by atomic mass is 9.51. The smallest absolute Gasteiger partial charge is 0.118 e. The molecule has 0 bridgehead atoms. The summed E-state index contributed by atoms with van der Waals surface area (Å²) in [7, 11) is 5.74. The van der Waals surface area contributed by atoms with Gasteiger partial charge in [0, 0.05) is 29.4 Å². The molecule has 9 rings (SSSR count). The fourth-order valence-corrected chi connectivity index (χ4v) is 9.57. The Hall–Kier alpha value is -4.75. The second-order valence-electron chi connectivity index (χ2n) is 13.2. The minimum Gasteiger partial charge on any atom is -0.497 e. The van der Waals surface area contributed by atoms with E-state index in [1.165, 1.54) is 28.0 Å². The van der Waals surface area contributed by atoms with Crippen molar-refractivity contribution >= 4 is 16.7 Å². The second kappa shape index (κ2) is 10.1. The highest BCUT2D eigenvalue weighted by Gasteiger charge is 2.72. The Bertz CT molecular complexity index is 2010. The number of likely N-dealkylation sites (N-methyl/N-ethyl adjacent to an activating group) is 1. The third-order valence-corrected chi connectivity index (χ3v) is 11.4. The molecule has 2 fully saturated rings. The van der Waals surface area contributed by atoms with E-state index in [-0.39, 0.29) is 23.3 Å². The highest BCUT2D eigenvalue weighted by molar-refractivity contribution is 6.00. The van der Waals surface area contributed by atoms with Gasteiger partial charge in [-0.15, -0.1) is 0 Å². The Kier molecular flexibility index (Phi) is 6.07. The van der Waals surface area contributed by atoms with E-state index in [1.807, 2.05) is 6.07 Å². The van der Waals surface area contributed by atoms with E-state index < -0.39 is 5.54 Å². The lowest BCUT2D eigenvalue weighted by molar-refractivity contribution is 0.111. The van der Waals surface area contributed by atoms with Crippen LogP contribution in [0.3, 0.4) is 0 Å². The molecule has 7 heteroatoms. The SMILES string of the molecule is COc1ccc(C2NN=C3C2CCC[C@@]32[C@H](c3ccc(OC)cc3)CN(C)[C@]23c2ccccc2-c2nc4ccccc4nc23)cc1. The van der Waals surface area contributed by atoms with Gasteiger partial charge >= 0.3 is 0 Å². The van der Waals surface area contributed by atoms with Crippen LogP contribution in [-0.4, -0.2) is 48.4 Å². The summed E-state index contributed by atoms with van der Waals surface area (Å²) in [4.78, 5) is 13.5. The van der Waals surface area contributed by atoms with E-state index >= 15 is 0 Å². The van der Waals surface area contributed by atoms with E-state index in [1.54, 1.807) is 14.2 Å². The number of benzene rings is 4. The molecular formula is C39H37N5O2. The summed E-state index contributed by atoms with van der Waals surface area (Å²) in [5, 5.41) is 5.40. The van der Waals surface area contributed by atoms with Gasteiger partial charge in [0.15, 0.2) is 0 Å². The molecule has 5 aromatic rings. The lowest BCUT2D eigenvalue weighted by Gasteiger charge is -2.52. The Morgan fingerprint density at radius 1 is 0.783 bits per heavy atom. The van der Waals surface area contributed by atoms with Crippen LogP contribution in [0, 0.1) is 11.3 Å². The van der Waals surface area contributed by atoms with Gasteiger partial charge in [0.25, 0.3) is 0 Å². The molecule has 1 N–H and O–H groups in total. The summed E-state index contributed by atoms with van der Waals surface area (Å²) in [6.45, 7) is 0.869. The van der Waals surface area contributed by atoms with Gasteiger partial charge in [-0.25, -0.2) is 9.97 Å². The van der Waals surface area contributed by atoms with E-state index in [9.17, 15) is 0 Å². The van der Waals surface area contributed by atoms with Gasteiger partial charge in [-0.05, 0) is 73.0 Å². The maximum atomic E-state index is 5.59. The van der Waals surface area contributed by atoms with Crippen LogP contribution in [0.4, 0.5) is 0 Å². The van der Waals surface area contributed by atoms with Crippen LogP contribution in [0.1, 0.15) is 53.6 Å². The largest absolute Gasteiger partial charge is 0.497 e. The lowest BCUT2D eigenvalue weighted by Crippen LogP contribution is -2.57. The van der Waals surface area contributed by atoms with Crippen molar-refractivity contribution in [2.75, 3.05) is 27.8 Å². The minimum absolute atomic E-state index is 0.0939. The summed E-state index contributed by atoms with van der Waals surface area (Å²) in [6, 6.07) is 34.5. The molecule has 46 heavy (non-hydrogen) atoms. The summed E-state index contributed by atoms with van der Waals surface area (Å²) in [5.41, 5.74) is 12.9. The van der Waals surface area contributed by atoms with Crippen molar-refractivity contribution in [2.24, 2.45) is 16.4 Å². The van der Waals surface area contributed by atoms with Gasteiger partial charge in [-0.2, -0.15) is 5.10 Å². The van der Waals surface area contributed by atoms with Gasteiger partial charge in [0.2, 0.25) is 0 Å². The number of para-hydroxylation sites is 2. The third-order valence-electron chi connectivity index (χ3n) is 11.4. The molecule has 4 aliphatic rings. The number of hydrogen-bond donors (Lipinski definition) is 1. The van der Waals surface area contributed by atoms with Crippen molar-refractivity contribution in [1.29, 1.82) is 0 Å². The van der Waals surface area contributed by atoms with E-state index in [2.05, 4.69) is 108 Å². The summed E-state index contributed by atoms with van der Waals surface area (Å²) < 4.78 is 11.1. The zero-order valence-electron chi connectivity index (χ0n) is 26.4. The van der Waals surface area contributed by atoms with Crippen LogP contribution in [0.5, 0.6) is 11.5 Å². The molecule has 2 spiro atoms. The van der Waals surface area contributed by atoms with Gasteiger partial charge in [-0.1, -0.05) is 67.1 Å². The van der Waals surface area contributed by atoms with Crippen LogP contribution < -0.4 is 14.9 Å². The standard InChI is InChI=1S/C39H37N5O2/c1-44-23-31(24-14-18-26(45-2)19-15-24)38(22-8-10-29-34(42-43-36(29)38)25-16-20-27(46-3)21-17-25)39(44)30-11-5-4-9-28(30)35-37(39)41-33-13-7-6-12-32(33)40-35/h4-7,9,11-21,29,31,34,42H,8,10,22-23H2,1-3H3/t29?,31-,34?,38+,39-/m0/s1. The van der Waals surface area contributed by atoms with Crippen molar-refractivity contribution < 1.29 is 9.47 Å². The Labute approximate surface area is 269 Å². The number of hydrogen-bond acceptors (Lipinski definition) is 7. The highest BCUT2D eigenvalue weighted by atomic mass is 16.5. The number of fused-ring (bicyclic) bond motifs is 9. The quantitative estimate of drug-likeness (QED) is 0.235. The van der Waals surface area contributed by atoms with Crippen LogP contribution >= 0.6 is 0 Å². The fourth-order valence-electron chi connectivity index (χ4n) is 9.57. The highest BCUT2D eigenvalue weighted by Crippen LogP contribution is 2.70. The second-order valence-corrected chi connectivity index (χ2v) is 13.2. The number of ether oxygens (including phenoxy) is 2. The Morgan fingerprint density at radius 2 is 1.43 bits per heavy atom. The van der Waals surface area contributed by atoms with Crippen molar-refractivity contribution in [1.82, 2.24) is 20.3 Å². The topological polar surface area (TPSA) is 71.9 Å². The number of rotatable bonds is 4. The van der Waals surface area contributed by atoms with Gasteiger partial charge < -0.3 is 14.9 Å². The molecule has 7 nitrogen and oxygen atoms in total. The number of nitrogens with zero attached hydrogens (tertiary/aromatic N) is 4. The maximum absolute atomic E-state index is 5.59. The maximum Gasteiger partial charge on any atom is 0.118 e. The molecule has 1 aromatic heterocycles. The molecule has 5 atom stereocenters. The van der Waals surface area contributed by atoms with Gasteiger partial charge in [0.05, 0.1) is 48.4 Å². The zero-order chi connectivity index (χ0) is 31.0. The molecule has 2 aliphatic heterocycles. The Morgan fingerprint density at radius 3 is 2.15 bits per heavy atom. The first-order valence-corrected chi connectivity index (χ1v) is 16.3. The van der Waals surface area contributed by atoms with Crippen LogP contribution in [0.25, 0.3) is 22.3 Å². The predicted molar refractivity (Wildman–Crippen MR) is 180 cm³/mol. The molecule has 4 aromatic carbocycles. The normalized spacial score (nSPS) is 27.7. The number of aromatic nitrogens is 2. The van der Waals surface area contributed by atoms with Crippen LogP contribution in [0.15, 0.2) is 102 Å². The summed E-state index contributed by atoms with van der Waals surface area (Å²) in [5.74, 6) is 2.15. The molecule has 1 saturated heterocycles. The van der Waals surface area contributed by atoms with Crippen molar-refractivity contribution in [3.05, 3.63) is 119 Å². The molecule has 3 heterocycles. The first kappa shape index (κ1) is 27.6. The Balaban J connectivity index is 1.31. The van der Waals surface area contributed by atoms with E-state index in [4.69, 9.17) is 24.5 Å². The van der Waals surface area contributed by atoms with Crippen molar-refractivity contribution in [3.63, 3.8) is 0 Å². The van der Waals surface area contributed by atoms with Crippen LogP contribution in [0.2, 0.25) is 0 Å². The molecule has 2 aliphatic carbocycles. The number of nitrogens with one attached hydrogen (secondary N) is 1. The van der Waals surface area contributed by atoms with Crippen molar-refractivity contribution in [3.8, 4) is 22.8 Å². The summed E-state index contributed by atoms with van der Waals surface area (Å²) in [6.07, 6.45) is 3.18. The monoisotopic (exact) mass is 607 g/mol. The van der Waals surface area contributed by atoms with Crippen molar-refractivity contribution in [2.45, 2.75) is 36.8 Å². The molecule has 1 saturated carbocycles. The average Bonchev–Trinajstić information content (AvgIpc) is 3.75. The third kappa shape index (κ3) is 3.49.